The van der Waals surface area contributed by atoms with E-state index in [0.717, 1.165) is 32.1 Å². The number of benzene rings is 1. The van der Waals surface area contributed by atoms with E-state index in [2.05, 4.69) is 47.7 Å². The van der Waals surface area contributed by atoms with Crippen molar-refractivity contribution in [3.05, 3.63) is 34.9 Å². The molecule has 1 aliphatic rings. The summed E-state index contributed by atoms with van der Waals surface area (Å²) in [6.45, 7) is 6.92. The van der Waals surface area contributed by atoms with Crippen LogP contribution in [0.15, 0.2) is 23.2 Å². The number of nitrogens with one attached hydrogen (secondary N) is 2. The number of nitrogens with zero attached hydrogens (tertiary/aromatic N) is 1. The molecule has 25 heavy (non-hydrogen) atoms. The van der Waals surface area contributed by atoms with Gasteiger partial charge in [0.1, 0.15) is 0 Å². The number of hydrogen-bond acceptors (Lipinski definition) is 2. The van der Waals surface area contributed by atoms with Crippen LogP contribution < -0.4 is 10.6 Å². The zero-order chi connectivity index (χ0) is 17.4. The minimum absolute atomic E-state index is 0. The van der Waals surface area contributed by atoms with Gasteiger partial charge in [0.15, 0.2) is 5.96 Å². The molecule has 1 fully saturated rings. The molecule has 0 spiro atoms. The number of methoxy groups -OCH3 is 1. The Balaban J connectivity index is 0.00000312. The molecule has 0 bridgehead atoms. The molecule has 1 aromatic carbocycles. The smallest absolute Gasteiger partial charge is 0.191 e. The van der Waals surface area contributed by atoms with Crippen LogP contribution in [-0.4, -0.2) is 33.3 Å². The summed E-state index contributed by atoms with van der Waals surface area (Å²) in [5.74, 6) is 0.888. The largest absolute Gasteiger partial charge is 0.385 e. The molecule has 142 valence electrons. The average molecular weight is 459 g/mol. The van der Waals surface area contributed by atoms with E-state index in [0.29, 0.717) is 5.41 Å². The number of hydrogen-bond donors (Lipinski definition) is 2. The predicted octanol–water partition coefficient (Wildman–Crippen LogP) is 4.18. The summed E-state index contributed by atoms with van der Waals surface area (Å²) < 4.78 is 5.32. The van der Waals surface area contributed by atoms with Crippen molar-refractivity contribution in [2.24, 2.45) is 10.4 Å². The molecule has 1 saturated carbocycles. The molecule has 0 heterocycles. The van der Waals surface area contributed by atoms with Crippen molar-refractivity contribution in [2.75, 3.05) is 27.3 Å². The van der Waals surface area contributed by atoms with Crippen LogP contribution >= 0.6 is 24.0 Å². The molecule has 1 aliphatic carbocycles. The second-order valence-electron chi connectivity index (χ2n) is 7.16. The Bertz CT molecular complexity index is 554. The van der Waals surface area contributed by atoms with Crippen LogP contribution in [0, 0.1) is 19.3 Å². The summed E-state index contributed by atoms with van der Waals surface area (Å²) in [7, 11) is 3.63. The topological polar surface area (TPSA) is 45.7 Å². The van der Waals surface area contributed by atoms with Crippen LogP contribution in [0.3, 0.4) is 0 Å². The maximum Gasteiger partial charge on any atom is 0.191 e. The van der Waals surface area contributed by atoms with Crippen molar-refractivity contribution < 1.29 is 4.74 Å². The van der Waals surface area contributed by atoms with Crippen molar-refractivity contribution in [1.82, 2.24) is 10.6 Å². The minimum atomic E-state index is 0. The van der Waals surface area contributed by atoms with Crippen LogP contribution in [-0.2, 0) is 11.3 Å². The van der Waals surface area contributed by atoms with Crippen molar-refractivity contribution in [3.8, 4) is 0 Å². The maximum absolute atomic E-state index is 5.32. The SMILES string of the molecule is CN=C(NCc1ccc(C)cc1C)NCC1(CCOC)CCCC1.I. The maximum atomic E-state index is 5.32. The Hall–Kier alpha value is -0.820. The monoisotopic (exact) mass is 459 g/mol. The molecule has 2 N–H and O–H groups in total. The number of ether oxygens (including phenoxy) is 1. The Kier molecular flexibility index (Phi) is 9.79. The summed E-state index contributed by atoms with van der Waals surface area (Å²) >= 11 is 0. The molecule has 1 aromatic rings. The summed E-state index contributed by atoms with van der Waals surface area (Å²) in [4.78, 5) is 4.39. The van der Waals surface area contributed by atoms with Gasteiger partial charge in [-0.05, 0) is 49.7 Å². The van der Waals surface area contributed by atoms with E-state index in [1.165, 1.54) is 42.4 Å². The van der Waals surface area contributed by atoms with Gasteiger partial charge in [0.25, 0.3) is 0 Å². The Labute approximate surface area is 170 Å². The molecule has 0 atom stereocenters. The van der Waals surface area contributed by atoms with Crippen LogP contribution in [0.5, 0.6) is 0 Å². The van der Waals surface area contributed by atoms with Crippen LogP contribution in [0.1, 0.15) is 48.8 Å². The molecule has 0 aliphatic heterocycles. The zero-order valence-electron chi connectivity index (χ0n) is 16.2. The summed E-state index contributed by atoms with van der Waals surface area (Å²) in [6.07, 6.45) is 6.37. The third kappa shape index (κ3) is 6.77. The Morgan fingerprint density at radius 1 is 1.20 bits per heavy atom. The van der Waals surface area contributed by atoms with Crippen LogP contribution in [0.4, 0.5) is 0 Å². The van der Waals surface area contributed by atoms with Gasteiger partial charge in [0.05, 0.1) is 0 Å². The van der Waals surface area contributed by atoms with Gasteiger partial charge in [-0.3, -0.25) is 4.99 Å². The predicted molar refractivity (Wildman–Crippen MR) is 117 cm³/mol. The molecule has 0 radical (unpaired) electrons. The van der Waals surface area contributed by atoms with E-state index in [9.17, 15) is 0 Å². The molecular weight excluding hydrogens is 425 g/mol. The van der Waals surface area contributed by atoms with E-state index in [-0.39, 0.29) is 24.0 Å². The van der Waals surface area contributed by atoms with Gasteiger partial charge in [-0.25, -0.2) is 0 Å². The van der Waals surface area contributed by atoms with E-state index in [4.69, 9.17) is 4.74 Å². The lowest BCUT2D eigenvalue weighted by atomic mass is 9.83. The highest BCUT2D eigenvalue weighted by Crippen LogP contribution is 2.40. The summed E-state index contributed by atoms with van der Waals surface area (Å²) in [6, 6.07) is 6.59. The number of aliphatic imine (C=N–C) groups is 1. The van der Waals surface area contributed by atoms with Crippen molar-refractivity contribution in [1.29, 1.82) is 0 Å². The third-order valence-corrected chi connectivity index (χ3v) is 5.30. The van der Waals surface area contributed by atoms with Crippen molar-refractivity contribution >= 4 is 29.9 Å². The first-order chi connectivity index (χ1) is 11.6. The lowest BCUT2D eigenvalue weighted by Crippen LogP contribution is -2.43. The summed E-state index contributed by atoms with van der Waals surface area (Å²) in [5.41, 5.74) is 4.32. The third-order valence-electron chi connectivity index (χ3n) is 5.30. The highest BCUT2D eigenvalue weighted by Gasteiger charge is 2.33. The Morgan fingerprint density at radius 3 is 2.52 bits per heavy atom. The van der Waals surface area contributed by atoms with E-state index >= 15 is 0 Å². The number of rotatable bonds is 7. The number of halogens is 1. The highest BCUT2D eigenvalue weighted by atomic mass is 127. The number of guanidine groups is 1. The van der Waals surface area contributed by atoms with Crippen LogP contribution in [0.2, 0.25) is 0 Å². The average Bonchev–Trinajstić information content (AvgIpc) is 3.04. The van der Waals surface area contributed by atoms with Gasteiger partial charge in [-0.1, -0.05) is 36.6 Å². The van der Waals surface area contributed by atoms with Crippen LogP contribution in [0.25, 0.3) is 0 Å². The molecule has 2 rings (SSSR count). The van der Waals surface area contributed by atoms with Gasteiger partial charge in [0.2, 0.25) is 0 Å². The molecule has 0 aromatic heterocycles. The first kappa shape index (κ1) is 22.2. The molecular formula is C20H34IN3O. The van der Waals surface area contributed by atoms with Gasteiger partial charge in [-0.2, -0.15) is 0 Å². The van der Waals surface area contributed by atoms with Gasteiger partial charge in [-0.15, -0.1) is 24.0 Å². The zero-order valence-corrected chi connectivity index (χ0v) is 18.5. The number of aryl methyl sites for hydroxylation is 2. The first-order valence-corrected chi connectivity index (χ1v) is 9.08. The molecule has 4 nitrogen and oxygen atoms in total. The van der Waals surface area contributed by atoms with Gasteiger partial charge >= 0.3 is 0 Å². The molecule has 0 saturated heterocycles. The molecule has 5 heteroatoms. The first-order valence-electron chi connectivity index (χ1n) is 9.08. The fourth-order valence-electron chi connectivity index (χ4n) is 3.67. The molecule has 0 amide bonds. The fourth-order valence-corrected chi connectivity index (χ4v) is 3.67. The molecule has 0 unspecified atom stereocenters. The van der Waals surface area contributed by atoms with E-state index in [1.807, 2.05) is 7.05 Å². The lowest BCUT2D eigenvalue weighted by molar-refractivity contribution is 0.138. The van der Waals surface area contributed by atoms with Gasteiger partial charge in [0, 0.05) is 33.9 Å². The van der Waals surface area contributed by atoms with Crippen molar-refractivity contribution in [2.45, 2.75) is 52.5 Å². The van der Waals surface area contributed by atoms with E-state index in [1.54, 1.807) is 7.11 Å². The fraction of sp³-hybridized carbons (Fsp3) is 0.650. The standard InChI is InChI=1S/C20H33N3O.HI/c1-16-7-8-18(17(2)13-16)14-22-19(21-3)23-15-20(11-12-24-4)9-5-6-10-20;/h7-8,13H,5-6,9-12,14-15H2,1-4H3,(H2,21,22,23);1H. The minimum Gasteiger partial charge on any atom is -0.385 e. The highest BCUT2D eigenvalue weighted by molar-refractivity contribution is 14.0. The van der Waals surface area contributed by atoms with Crippen molar-refractivity contribution in [3.63, 3.8) is 0 Å². The lowest BCUT2D eigenvalue weighted by Gasteiger charge is -2.30. The second-order valence-corrected chi connectivity index (χ2v) is 7.16. The summed E-state index contributed by atoms with van der Waals surface area (Å²) in [5, 5.41) is 7.00. The second kappa shape index (κ2) is 11.0. The Morgan fingerprint density at radius 2 is 1.92 bits per heavy atom. The van der Waals surface area contributed by atoms with E-state index < -0.39 is 0 Å². The van der Waals surface area contributed by atoms with Gasteiger partial charge < -0.3 is 15.4 Å². The quantitative estimate of drug-likeness (QED) is 0.365. The normalized spacial score (nSPS) is 16.4.